The Balaban J connectivity index is -0.000000784. The molecular formula is C90H168N8O40S12-8. The lowest BCUT2D eigenvalue weighted by Crippen LogP contribution is -2.45. The van der Waals surface area contributed by atoms with Crippen LogP contribution in [-0.4, -0.2) is 272 Å². The highest BCUT2D eigenvalue weighted by molar-refractivity contribution is 8.13. The van der Waals surface area contributed by atoms with Crippen LogP contribution in [0.15, 0.2) is 17.6 Å². The lowest BCUT2D eigenvalue weighted by atomic mass is 9.56. The first kappa shape index (κ1) is 150. The van der Waals surface area contributed by atoms with Crippen LogP contribution in [-0.2, 0) is 177 Å². The minimum Gasteiger partial charge on any atom is -0.861 e. The van der Waals surface area contributed by atoms with Crippen molar-refractivity contribution in [2.24, 2.45) is 86.6 Å². The Morgan fingerprint density at radius 3 is 0.680 bits per heavy atom. The Kier molecular flexibility index (Phi) is 66.7. The Morgan fingerprint density at radius 1 is 0.320 bits per heavy atom. The molecule has 2 aliphatic heterocycles. The summed E-state index contributed by atoms with van der Waals surface area (Å²) in [7, 11) is -46.7. The molecule has 0 aromatic heterocycles. The van der Waals surface area contributed by atoms with Crippen LogP contribution in [0.2, 0.25) is 0 Å². The number of ether oxygens (including phenoxy) is 6. The molecule has 2 heterocycles. The molecule has 4 atom stereocenters. The summed E-state index contributed by atoms with van der Waals surface area (Å²) in [6.45, 7) is 34.0. The molecular weight excluding hydrogens is 2220 g/mol. The molecule has 0 aromatic rings. The molecule has 14 fully saturated rings. The number of nitrogens with zero attached hydrogens (tertiary/aromatic N) is 8. The molecule has 4 unspecified atom stereocenters. The van der Waals surface area contributed by atoms with Crippen molar-refractivity contribution in [2.45, 2.75) is 342 Å². The molecule has 888 valence electrons. The van der Waals surface area contributed by atoms with E-state index in [0.717, 1.165) is 39.1 Å². The predicted molar refractivity (Wildman–Crippen MR) is 568 cm³/mol. The van der Waals surface area contributed by atoms with Crippen LogP contribution in [0, 0.1) is 69.0 Å². The van der Waals surface area contributed by atoms with Crippen LogP contribution in [0.25, 0.3) is 16.5 Å². The molecule has 12 bridgehead atoms. The number of carbonyl (C=O) groups is 6. The van der Waals surface area contributed by atoms with Gasteiger partial charge in [-0.05, 0) is 221 Å². The van der Waals surface area contributed by atoms with Crippen molar-refractivity contribution in [3.63, 3.8) is 0 Å². The second-order valence-electron chi connectivity index (χ2n) is 38.5. The standard InChI is InChI=1S/C13H20NO8S2.C12H19NO5S.2C10H16.2C6H12.2C5H10NO6S2.C4H8NO6S2.2C4H9NO3S.C3H7NO3S.4C2H6/c1-11(2)12(3)5-6-13(11,22-10(12)16)8-21-9(15)7-24(19,20)14-23(4,17)18;1-10(2)11(3)5-6-12(10,18-9(11)15)7-8(14)13-19(4,16)17;2*1-7-2-9-4-8(1)5-10(3-7)6-9;2*1-2-4-6-5-3-1;2*1-3-12-5(7)4-14(10,11)6-13(2,8)9;1-11-4(6)3-13(9,10)5-12(2,7)8;2*1-3-4(6)5-9(2,7)8;1-3(5)4-8(2,6)7;4*1-2/h5-8H2,1-4H3;5-7H2,1-4H3,(H,13,14);2*7-10H,1-6H2;2*1-6H2;2*3-4H2,1-2H3;3H2,1-2H3;2*3H2,1-2H3,(H,5,6);1-2H3,(H,4,5);4*1-2H3/q-1;;;;;;3*-1;;;;;;;/p-4. The number of carbonyl (C=O) groups excluding carboxylic acids is 6. The third-order valence-electron chi connectivity index (χ3n) is 25.2. The molecule has 0 spiro atoms. The fourth-order valence-electron chi connectivity index (χ4n) is 18.9. The predicted octanol–water partition coefficient (Wildman–Crippen LogP) is 9.18. The molecule has 150 heavy (non-hydrogen) atoms. The zero-order valence-corrected chi connectivity index (χ0v) is 102. The molecule has 14 aliphatic rings. The number of fused-ring (bicyclic) bond motifs is 4. The van der Waals surface area contributed by atoms with Gasteiger partial charge in [0.15, 0.2) is 5.60 Å². The molecule has 14 rings (SSSR count). The average molecular weight is 2390 g/mol. The summed E-state index contributed by atoms with van der Waals surface area (Å²) in [6, 6.07) is 0. The monoisotopic (exact) mass is 2380 g/mol. The van der Waals surface area contributed by atoms with E-state index in [4.69, 9.17) is 14.2 Å². The molecule has 0 aromatic carbocycles. The van der Waals surface area contributed by atoms with Crippen molar-refractivity contribution in [1.29, 1.82) is 0 Å². The summed E-state index contributed by atoms with van der Waals surface area (Å²) in [5, 5.41) is 42.2. The number of methoxy groups -OCH3 is 1. The first-order chi connectivity index (χ1) is 68.2. The zero-order chi connectivity index (χ0) is 118. The largest absolute Gasteiger partial charge is 0.861 e. The van der Waals surface area contributed by atoms with Crippen LogP contribution in [0.4, 0.5) is 0 Å². The normalized spacial score (nSPS) is 25.4. The minimum atomic E-state index is -4.50. The van der Waals surface area contributed by atoms with Gasteiger partial charge in [-0.1, -0.05) is 174 Å². The van der Waals surface area contributed by atoms with Gasteiger partial charge in [0.2, 0.25) is 40.1 Å². The van der Waals surface area contributed by atoms with E-state index < -0.39 is 224 Å². The third kappa shape index (κ3) is 62.2. The smallest absolute Gasteiger partial charge is 0.319 e. The van der Waals surface area contributed by atoms with Crippen molar-refractivity contribution in [3.8, 4) is 0 Å². The van der Waals surface area contributed by atoms with Gasteiger partial charge in [-0.3, -0.25) is 28.8 Å². The van der Waals surface area contributed by atoms with Crippen molar-refractivity contribution in [2.75, 3.05) is 100.0 Å². The van der Waals surface area contributed by atoms with E-state index in [1.807, 2.05) is 90.0 Å². The second-order valence-corrected chi connectivity index (χ2v) is 59.2. The summed E-state index contributed by atoms with van der Waals surface area (Å²) in [6.07, 6.45) is 45.6. The first-order valence-electron chi connectivity index (χ1n) is 49.7. The Morgan fingerprint density at radius 2 is 0.520 bits per heavy atom. The lowest BCUT2D eigenvalue weighted by molar-refractivity contribution is -0.224. The van der Waals surface area contributed by atoms with Gasteiger partial charge in [-0.2, -0.15) is 17.6 Å². The highest BCUT2D eigenvalue weighted by atomic mass is 32.3. The quantitative estimate of drug-likeness (QED) is 0.0305. The van der Waals surface area contributed by atoms with E-state index in [1.165, 1.54) is 138 Å². The first-order valence-corrected chi connectivity index (χ1v) is 70.9. The summed E-state index contributed by atoms with van der Waals surface area (Å²) >= 11 is 0. The van der Waals surface area contributed by atoms with Crippen molar-refractivity contribution >= 4 is 180 Å². The van der Waals surface area contributed by atoms with Crippen LogP contribution < -0.4 is 20.4 Å². The highest BCUT2D eigenvalue weighted by Crippen LogP contribution is 2.67. The van der Waals surface area contributed by atoms with Gasteiger partial charge in [-0.15, -0.1) is 0 Å². The zero-order valence-electron chi connectivity index (χ0n) is 92.3. The van der Waals surface area contributed by atoms with Crippen molar-refractivity contribution < 1.29 is 179 Å². The third-order valence-corrected chi connectivity index (χ3v) is 37.8. The number of hydrogen-bond donors (Lipinski definition) is 0. The topological polar surface area (TPSA) is 766 Å². The molecule has 12 aliphatic carbocycles. The van der Waals surface area contributed by atoms with E-state index in [1.54, 1.807) is 97.8 Å². The minimum absolute atomic E-state index is 0.0211. The van der Waals surface area contributed by atoms with Crippen LogP contribution in [0.5, 0.6) is 0 Å². The Hall–Kier alpha value is -6.06. The van der Waals surface area contributed by atoms with Gasteiger partial charge in [0.1, 0.15) is 35.2 Å². The summed E-state index contributed by atoms with van der Waals surface area (Å²) < 4.78 is 306. The van der Waals surface area contributed by atoms with E-state index in [9.17, 15) is 150 Å². The SMILES string of the molecule is C1C2CC3CC1CC(C2)C3.C1C2CC3CC1CC(C2)C3.C1CCCCC1.C1CCCCC1.CC.CC.CC.CC.CC([O-])=NS(C)(=O)=O.CC12CCC(CC([O-])=NS(C)(=O)=O)(OC1=O)C2(C)C.CC12CCC(COC(=O)CS(=O)(=O)[N-]S(C)(=O)=O)(OC1=O)C2(C)C.CCC([O-])=NS(C)(=O)=O.CCC([O-])=NS(C)(=O)=O.CCOC(=O)CS(=O)(=O)[N-]S(C)(=O)=O.CCOC(=O)CS(=O)(=O)[N-]S(C)(=O)=O.COC(=O)CS(=O)(=O)[N-]S(C)(=O)=O. The number of hydrogen-bond acceptors (Lipinski definition) is 40. The molecule has 48 nitrogen and oxygen atoms in total. The molecule has 0 N–H and O–H groups in total. The van der Waals surface area contributed by atoms with Gasteiger partial charge in [-0.25, -0.2) is 101 Å². The number of esters is 6. The molecule has 0 amide bonds. The van der Waals surface area contributed by atoms with Gasteiger partial charge in [0.25, 0.3) is 0 Å². The van der Waals surface area contributed by atoms with E-state index >= 15 is 0 Å². The fraction of sp³-hybridized carbons (Fsp3) is 0.889. The van der Waals surface area contributed by atoms with Crippen molar-refractivity contribution in [3.05, 3.63) is 16.5 Å². The Labute approximate surface area is 896 Å². The van der Waals surface area contributed by atoms with Crippen LogP contribution in [0.1, 0.15) is 331 Å². The molecule has 12 saturated carbocycles. The second kappa shape index (κ2) is 66.6. The van der Waals surface area contributed by atoms with E-state index in [0.29, 0.717) is 50.7 Å². The lowest BCUT2D eigenvalue weighted by Gasteiger charge is -2.49. The summed E-state index contributed by atoms with van der Waals surface area (Å²) in [5.41, 5.74) is -4.33. The molecule has 0 radical (unpaired) electrons. The maximum absolute atomic E-state index is 12.1. The van der Waals surface area contributed by atoms with Gasteiger partial charge < -0.3 is 65.4 Å². The summed E-state index contributed by atoms with van der Waals surface area (Å²) in [5.74, 6) is -2.56. The molecule has 60 heteroatoms. The van der Waals surface area contributed by atoms with Crippen molar-refractivity contribution in [1.82, 2.24) is 0 Å². The highest BCUT2D eigenvalue weighted by Gasteiger charge is 2.74. The summed E-state index contributed by atoms with van der Waals surface area (Å²) in [4.78, 5) is 67.6. The van der Waals surface area contributed by atoms with Gasteiger partial charge in [0.05, 0.1) is 136 Å². The molecule has 2 saturated heterocycles. The average Bonchev–Trinajstić information content (AvgIpc) is 1.53. The van der Waals surface area contributed by atoms with Crippen LogP contribution in [0.3, 0.4) is 0 Å². The van der Waals surface area contributed by atoms with E-state index in [-0.39, 0.29) is 51.0 Å². The number of rotatable bonds is 28. The fourth-order valence-corrected chi connectivity index (χ4v) is 29.9. The van der Waals surface area contributed by atoms with Gasteiger partial charge in [0, 0.05) is 42.3 Å². The maximum Gasteiger partial charge on any atom is 0.319 e. The van der Waals surface area contributed by atoms with E-state index in [2.05, 4.69) is 48.3 Å². The Bertz CT molecular complexity index is 5560. The van der Waals surface area contributed by atoms with Gasteiger partial charge >= 0.3 is 35.8 Å². The number of sulfonamides is 12. The van der Waals surface area contributed by atoms with Crippen LogP contribution >= 0.6 is 0 Å². The maximum atomic E-state index is 12.1.